The van der Waals surface area contributed by atoms with Crippen LogP contribution in [0.3, 0.4) is 0 Å². The molecule has 0 bridgehead atoms. The van der Waals surface area contributed by atoms with Crippen LogP contribution < -0.4 is 10.1 Å². The SMILES string of the molecule is Cc1cccc(OCc2nc(SCC(=O)Nc3cc(Cl)cc(Cl)c3)n[nH]2)c1. The Labute approximate surface area is 170 Å². The third-order valence-corrected chi connectivity index (χ3v) is 4.64. The maximum Gasteiger partial charge on any atom is 0.234 e. The lowest BCUT2D eigenvalue weighted by atomic mass is 10.2. The number of H-pyrrole nitrogens is 1. The van der Waals surface area contributed by atoms with Gasteiger partial charge >= 0.3 is 0 Å². The van der Waals surface area contributed by atoms with Gasteiger partial charge < -0.3 is 10.1 Å². The van der Waals surface area contributed by atoms with E-state index in [1.165, 1.54) is 11.8 Å². The number of rotatable bonds is 7. The van der Waals surface area contributed by atoms with E-state index < -0.39 is 0 Å². The molecule has 3 aromatic rings. The van der Waals surface area contributed by atoms with Gasteiger partial charge in [0.1, 0.15) is 12.4 Å². The lowest BCUT2D eigenvalue weighted by Crippen LogP contribution is -2.14. The predicted octanol–water partition coefficient (Wildman–Crippen LogP) is 4.73. The van der Waals surface area contributed by atoms with Crippen LogP contribution in [0, 0.1) is 6.92 Å². The van der Waals surface area contributed by atoms with Crippen LogP contribution in [0.1, 0.15) is 11.4 Å². The average Bonchev–Trinajstić information content (AvgIpc) is 3.05. The highest BCUT2D eigenvalue weighted by Crippen LogP contribution is 2.23. The van der Waals surface area contributed by atoms with Crippen molar-refractivity contribution in [2.75, 3.05) is 11.1 Å². The first-order chi connectivity index (χ1) is 13.0. The van der Waals surface area contributed by atoms with Crippen LogP contribution in [0.2, 0.25) is 10.0 Å². The molecule has 27 heavy (non-hydrogen) atoms. The molecule has 1 heterocycles. The van der Waals surface area contributed by atoms with Crippen LogP contribution in [-0.2, 0) is 11.4 Å². The molecule has 6 nitrogen and oxygen atoms in total. The highest BCUT2D eigenvalue weighted by molar-refractivity contribution is 7.99. The summed E-state index contributed by atoms with van der Waals surface area (Å²) in [4.78, 5) is 16.4. The molecule has 0 aliphatic carbocycles. The predicted molar refractivity (Wildman–Crippen MR) is 108 cm³/mol. The van der Waals surface area contributed by atoms with E-state index in [0.717, 1.165) is 11.3 Å². The molecule has 0 radical (unpaired) electrons. The molecule has 2 N–H and O–H groups in total. The zero-order valence-electron chi connectivity index (χ0n) is 14.3. The zero-order chi connectivity index (χ0) is 19.2. The van der Waals surface area contributed by atoms with Crippen LogP contribution >= 0.6 is 35.0 Å². The number of hydrogen-bond donors (Lipinski definition) is 2. The number of aromatic amines is 1. The molecule has 0 saturated heterocycles. The highest BCUT2D eigenvalue weighted by Gasteiger charge is 2.09. The normalized spacial score (nSPS) is 10.6. The zero-order valence-corrected chi connectivity index (χ0v) is 16.7. The molecule has 0 aliphatic rings. The van der Waals surface area contributed by atoms with Crippen molar-refractivity contribution in [2.45, 2.75) is 18.7 Å². The molecule has 1 aromatic heterocycles. The Morgan fingerprint density at radius 1 is 1.22 bits per heavy atom. The number of carbonyl (C=O) groups excluding carboxylic acids is 1. The Morgan fingerprint density at radius 2 is 2.00 bits per heavy atom. The smallest absolute Gasteiger partial charge is 0.234 e. The summed E-state index contributed by atoms with van der Waals surface area (Å²) in [7, 11) is 0. The Bertz CT molecular complexity index is 928. The molecule has 0 aliphatic heterocycles. The van der Waals surface area contributed by atoms with Gasteiger partial charge in [-0.2, -0.15) is 0 Å². The lowest BCUT2D eigenvalue weighted by molar-refractivity contribution is -0.113. The minimum atomic E-state index is -0.208. The molecule has 0 spiro atoms. The van der Waals surface area contributed by atoms with Crippen LogP contribution in [0.5, 0.6) is 5.75 Å². The van der Waals surface area contributed by atoms with Gasteiger partial charge in [0.25, 0.3) is 0 Å². The minimum absolute atomic E-state index is 0.153. The first kappa shape index (κ1) is 19.5. The second kappa shape index (κ2) is 9.12. The fraction of sp³-hybridized carbons (Fsp3) is 0.167. The van der Waals surface area contributed by atoms with Crippen molar-refractivity contribution in [1.29, 1.82) is 0 Å². The summed E-state index contributed by atoms with van der Waals surface area (Å²) in [6.45, 7) is 2.27. The molecule has 0 unspecified atom stereocenters. The summed E-state index contributed by atoms with van der Waals surface area (Å²) >= 11 is 13.0. The van der Waals surface area contributed by atoms with Crippen LogP contribution in [0.4, 0.5) is 5.69 Å². The summed E-state index contributed by atoms with van der Waals surface area (Å²) < 4.78 is 5.67. The van der Waals surface area contributed by atoms with Crippen molar-refractivity contribution in [1.82, 2.24) is 15.2 Å². The first-order valence-corrected chi connectivity index (χ1v) is 9.71. The quantitative estimate of drug-likeness (QED) is 0.537. The van der Waals surface area contributed by atoms with Crippen molar-refractivity contribution < 1.29 is 9.53 Å². The van der Waals surface area contributed by atoms with Crippen molar-refractivity contribution in [3.8, 4) is 5.75 Å². The van der Waals surface area contributed by atoms with E-state index in [1.54, 1.807) is 18.2 Å². The van der Waals surface area contributed by atoms with E-state index in [0.29, 0.717) is 26.7 Å². The van der Waals surface area contributed by atoms with E-state index in [1.807, 2.05) is 31.2 Å². The largest absolute Gasteiger partial charge is 0.486 e. The number of hydrogen-bond acceptors (Lipinski definition) is 5. The highest BCUT2D eigenvalue weighted by atomic mass is 35.5. The van der Waals surface area contributed by atoms with Gasteiger partial charge in [0.15, 0.2) is 5.82 Å². The fourth-order valence-corrected chi connectivity index (χ4v) is 3.36. The van der Waals surface area contributed by atoms with Gasteiger partial charge in [-0.25, -0.2) is 4.98 Å². The van der Waals surface area contributed by atoms with Crippen molar-refractivity contribution in [2.24, 2.45) is 0 Å². The fourth-order valence-electron chi connectivity index (χ4n) is 2.22. The second-order valence-electron chi connectivity index (χ2n) is 5.66. The van der Waals surface area contributed by atoms with Gasteiger partial charge in [0.05, 0.1) is 5.75 Å². The maximum atomic E-state index is 12.0. The van der Waals surface area contributed by atoms with Gasteiger partial charge in [0.2, 0.25) is 11.1 Å². The number of aromatic nitrogens is 3. The molecular formula is C18H16Cl2N4O2S. The molecule has 9 heteroatoms. The first-order valence-electron chi connectivity index (χ1n) is 7.97. The summed E-state index contributed by atoms with van der Waals surface area (Å²) in [6.07, 6.45) is 0. The van der Waals surface area contributed by atoms with Crippen LogP contribution in [0.15, 0.2) is 47.6 Å². The Morgan fingerprint density at radius 3 is 2.74 bits per heavy atom. The van der Waals surface area contributed by atoms with Gasteiger partial charge in [0, 0.05) is 15.7 Å². The van der Waals surface area contributed by atoms with Crippen molar-refractivity contribution in [3.05, 3.63) is 63.9 Å². The summed E-state index contributed by atoms with van der Waals surface area (Å²) in [5, 5.41) is 11.0. The Hall–Kier alpha value is -2.22. The number of aryl methyl sites for hydroxylation is 1. The molecule has 0 fully saturated rings. The van der Waals surface area contributed by atoms with E-state index >= 15 is 0 Å². The average molecular weight is 423 g/mol. The third-order valence-electron chi connectivity index (χ3n) is 3.35. The number of thioether (sulfide) groups is 1. The molecular weight excluding hydrogens is 407 g/mol. The third kappa shape index (κ3) is 6.16. The maximum absolute atomic E-state index is 12.0. The number of nitrogens with one attached hydrogen (secondary N) is 2. The van der Waals surface area contributed by atoms with Gasteiger partial charge in [-0.15, -0.1) is 5.10 Å². The van der Waals surface area contributed by atoms with Crippen LogP contribution in [-0.4, -0.2) is 26.8 Å². The molecule has 140 valence electrons. The number of carbonyl (C=O) groups is 1. The monoisotopic (exact) mass is 422 g/mol. The van der Waals surface area contributed by atoms with E-state index in [2.05, 4.69) is 20.5 Å². The van der Waals surface area contributed by atoms with E-state index in [-0.39, 0.29) is 18.3 Å². The topological polar surface area (TPSA) is 79.9 Å². The lowest BCUT2D eigenvalue weighted by Gasteiger charge is -2.05. The number of halogens is 2. The van der Waals surface area contributed by atoms with Crippen molar-refractivity contribution in [3.63, 3.8) is 0 Å². The van der Waals surface area contributed by atoms with E-state index in [9.17, 15) is 4.79 Å². The van der Waals surface area contributed by atoms with Crippen molar-refractivity contribution >= 4 is 46.6 Å². The minimum Gasteiger partial charge on any atom is -0.486 e. The van der Waals surface area contributed by atoms with Gasteiger partial charge in [-0.3, -0.25) is 9.89 Å². The molecule has 3 rings (SSSR count). The molecule has 1 amide bonds. The van der Waals surface area contributed by atoms with Gasteiger partial charge in [-0.05, 0) is 42.8 Å². The Balaban J connectivity index is 1.48. The number of benzene rings is 2. The van der Waals surface area contributed by atoms with Gasteiger partial charge in [-0.1, -0.05) is 47.1 Å². The number of amides is 1. The van der Waals surface area contributed by atoms with Crippen LogP contribution in [0.25, 0.3) is 0 Å². The number of nitrogens with zero attached hydrogens (tertiary/aromatic N) is 2. The summed E-state index contributed by atoms with van der Waals surface area (Å²) in [6, 6.07) is 12.6. The standard InChI is InChI=1S/C18H16Cl2N4O2S/c1-11-3-2-4-15(5-11)26-9-16-22-18(24-23-16)27-10-17(25)21-14-7-12(19)6-13(20)8-14/h2-8H,9-10H2,1H3,(H,21,25)(H,22,23,24). The summed E-state index contributed by atoms with van der Waals surface area (Å²) in [5.74, 6) is 1.29. The molecule has 2 aromatic carbocycles. The second-order valence-corrected chi connectivity index (χ2v) is 7.48. The molecule has 0 saturated carbocycles. The molecule has 0 atom stereocenters. The number of ether oxygens (including phenoxy) is 1. The summed E-state index contributed by atoms with van der Waals surface area (Å²) in [5.41, 5.74) is 1.66. The van der Waals surface area contributed by atoms with E-state index in [4.69, 9.17) is 27.9 Å². The Kier molecular flexibility index (Phi) is 6.60. The number of anilines is 1.